The van der Waals surface area contributed by atoms with Gasteiger partial charge in [0, 0.05) is 5.22 Å². The predicted molar refractivity (Wildman–Crippen MR) is 24.4 cm³/mol. The first-order valence-corrected chi connectivity index (χ1v) is 2.15. The Kier molecular flexibility index (Phi) is 0.811. The standard InChI is InChI=1S/C3H6N4O/c1-7(2)3(8)4-5-6-7/h1-2H3. The molecule has 5 heteroatoms. The third-order valence-electron chi connectivity index (χ3n) is 0.862. The van der Waals surface area contributed by atoms with Crippen molar-refractivity contribution in [2.24, 2.45) is 15.5 Å². The van der Waals surface area contributed by atoms with Gasteiger partial charge in [0.2, 0.25) is 6.02 Å². The van der Waals surface area contributed by atoms with Gasteiger partial charge in [0.05, 0.1) is 19.3 Å². The molecular weight excluding hydrogens is 108 g/mol. The third kappa shape index (κ3) is 0.564. The molecule has 0 aliphatic carbocycles. The van der Waals surface area contributed by atoms with Gasteiger partial charge >= 0.3 is 0 Å². The normalized spacial score (nSPS) is 23.5. The SMILES string of the molecule is C[N+]1(C)N=NN=C1[O-]. The number of hydrogen-bond acceptors (Lipinski definition) is 4. The van der Waals surface area contributed by atoms with Gasteiger partial charge < -0.3 is 5.11 Å². The molecule has 5 nitrogen and oxygen atoms in total. The highest BCUT2D eigenvalue weighted by atomic mass is 16.3. The maximum Gasteiger partial charge on any atom is 0.220 e. The van der Waals surface area contributed by atoms with Crippen molar-refractivity contribution < 1.29 is 9.70 Å². The van der Waals surface area contributed by atoms with Crippen molar-refractivity contribution in [2.45, 2.75) is 0 Å². The second kappa shape index (κ2) is 1.25. The molecule has 0 spiro atoms. The summed E-state index contributed by atoms with van der Waals surface area (Å²) in [6.45, 7) is 0. The Labute approximate surface area is 46.5 Å². The molecule has 0 saturated heterocycles. The highest BCUT2D eigenvalue weighted by Gasteiger charge is 2.20. The molecule has 0 aromatic heterocycles. The van der Waals surface area contributed by atoms with Crippen molar-refractivity contribution >= 4 is 6.02 Å². The van der Waals surface area contributed by atoms with Gasteiger partial charge in [-0.1, -0.05) is 5.10 Å². The maximum atomic E-state index is 10.5. The second-order valence-corrected chi connectivity index (χ2v) is 1.96. The van der Waals surface area contributed by atoms with Crippen LogP contribution in [0.2, 0.25) is 0 Å². The number of hydrogen-bond donors (Lipinski definition) is 0. The number of quaternary nitrogens is 1. The zero-order chi connectivity index (χ0) is 6.20. The van der Waals surface area contributed by atoms with Crippen LogP contribution in [0.4, 0.5) is 0 Å². The summed E-state index contributed by atoms with van der Waals surface area (Å²) >= 11 is 0. The van der Waals surface area contributed by atoms with Crippen LogP contribution >= 0.6 is 0 Å². The van der Waals surface area contributed by atoms with Crippen LogP contribution < -0.4 is 5.11 Å². The van der Waals surface area contributed by atoms with Crippen molar-refractivity contribution in [1.29, 1.82) is 0 Å². The number of rotatable bonds is 0. The Balaban J connectivity index is 2.87. The lowest BCUT2D eigenvalue weighted by Gasteiger charge is -2.18. The molecule has 1 rings (SSSR count). The lowest BCUT2D eigenvalue weighted by atomic mass is 10.8. The van der Waals surface area contributed by atoms with Crippen molar-refractivity contribution in [3.8, 4) is 0 Å². The van der Waals surface area contributed by atoms with Gasteiger partial charge in [-0.3, -0.25) is 0 Å². The summed E-state index contributed by atoms with van der Waals surface area (Å²) in [4.78, 5) is 0. The van der Waals surface area contributed by atoms with E-state index >= 15 is 0 Å². The summed E-state index contributed by atoms with van der Waals surface area (Å²) in [6, 6.07) is -0.329. The monoisotopic (exact) mass is 114 g/mol. The van der Waals surface area contributed by atoms with E-state index in [1.807, 2.05) is 0 Å². The predicted octanol–water partition coefficient (Wildman–Crippen LogP) is -0.925. The van der Waals surface area contributed by atoms with Crippen molar-refractivity contribution in [3.63, 3.8) is 0 Å². The minimum atomic E-state index is -0.329. The van der Waals surface area contributed by atoms with Crippen LogP contribution in [0.1, 0.15) is 0 Å². The van der Waals surface area contributed by atoms with Crippen LogP contribution in [0.5, 0.6) is 0 Å². The molecule has 0 aromatic rings. The number of nitrogens with zero attached hydrogens (tertiary/aromatic N) is 4. The van der Waals surface area contributed by atoms with E-state index in [0.717, 1.165) is 0 Å². The van der Waals surface area contributed by atoms with E-state index in [0.29, 0.717) is 0 Å². The second-order valence-electron chi connectivity index (χ2n) is 1.96. The molecular formula is C3H6N4O. The molecule has 0 amide bonds. The lowest BCUT2D eigenvalue weighted by Crippen LogP contribution is -2.45. The van der Waals surface area contributed by atoms with Gasteiger partial charge in [0.15, 0.2) is 0 Å². The summed E-state index contributed by atoms with van der Waals surface area (Å²) < 4.78 is -0.111. The summed E-state index contributed by atoms with van der Waals surface area (Å²) in [6.07, 6.45) is 0. The van der Waals surface area contributed by atoms with E-state index in [-0.39, 0.29) is 10.6 Å². The molecule has 0 radical (unpaired) electrons. The van der Waals surface area contributed by atoms with Gasteiger partial charge in [0.25, 0.3) is 0 Å². The van der Waals surface area contributed by atoms with E-state index in [2.05, 4.69) is 15.5 Å². The molecule has 0 fully saturated rings. The fourth-order valence-electron chi connectivity index (χ4n) is 0.306. The Morgan fingerprint density at radius 2 is 2.12 bits per heavy atom. The first-order chi connectivity index (χ1) is 3.63. The molecule has 0 N–H and O–H groups in total. The highest BCUT2D eigenvalue weighted by Crippen LogP contribution is 2.04. The molecule has 0 atom stereocenters. The molecule has 8 heavy (non-hydrogen) atoms. The molecule has 0 unspecified atom stereocenters. The molecule has 44 valence electrons. The first kappa shape index (κ1) is 5.17. The van der Waals surface area contributed by atoms with Gasteiger partial charge in [-0.05, 0) is 0 Å². The van der Waals surface area contributed by atoms with E-state index in [1.165, 1.54) is 0 Å². The average Bonchev–Trinajstić information content (AvgIpc) is 1.86. The minimum Gasteiger partial charge on any atom is -0.812 e. The van der Waals surface area contributed by atoms with Crippen LogP contribution in [0.25, 0.3) is 0 Å². The van der Waals surface area contributed by atoms with Crippen LogP contribution in [-0.4, -0.2) is 24.7 Å². The Morgan fingerprint density at radius 1 is 1.50 bits per heavy atom. The van der Waals surface area contributed by atoms with Crippen molar-refractivity contribution in [1.82, 2.24) is 0 Å². The largest absolute Gasteiger partial charge is 0.812 e. The fraction of sp³-hybridized carbons (Fsp3) is 0.667. The van der Waals surface area contributed by atoms with E-state index in [1.54, 1.807) is 14.1 Å². The molecule has 0 aromatic carbocycles. The average molecular weight is 114 g/mol. The summed E-state index contributed by atoms with van der Waals surface area (Å²) in [5.41, 5.74) is 0. The smallest absolute Gasteiger partial charge is 0.220 e. The Hall–Kier alpha value is -0.970. The van der Waals surface area contributed by atoms with Crippen LogP contribution in [0.3, 0.4) is 0 Å². The fourth-order valence-corrected chi connectivity index (χ4v) is 0.306. The van der Waals surface area contributed by atoms with Crippen LogP contribution in [-0.2, 0) is 0 Å². The van der Waals surface area contributed by atoms with Gasteiger partial charge in [0.1, 0.15) is 0 Å². The van der Waals surface area contributed by atoms with E-state index < -0.39 is 0 Å². The van der Waals surface area contributed by atoms with E-state index in [9.17, 15) is 5.11 Å². The van der Waals surface area contributed by atoms with Crippen molar-refractivity contribution in [2.75, 3.05) is 14.1 Å². The molecule has 1 aliphatic heterocycles. The topological polar surface area (TPSA) is 60.1 Å². The zero-order valence-electron chi connectivity index (χ0n) is 4.70. The quantitative estimate of drug-likeness (QED) is 0.375. The zero-order valence-corrected chi connectivity index (χ0v) is 4.70. The summed E-state index contributed by atoms with van der Waals surface area (Å²) in [7, 11) is 3.23. The molecule has 1 aliphatic rings. The number of amidine groups is 1. The third-order valence-corrected chi connectivity index (χ3v) is 0.862. The molecule has 0 saturated carbocycles. The maximum absolute atomic E-state index is 10.5. The Bertz CT molecular complexity index is 159. The van der Waals surface area contributed by atoms with Gasteiger partial charge in [-0.25, -0.2) is 0 Å². The highest BCUT2D eigenvalue weighted by molar-refractivity contribution is 5.60. The van der Waals surface area contributed by atoms with Crippen LogP contribution in [0, 0.1) is 0 Å². The first-order valence-electron chi connectivity index (χ1n) is 2.15. The van der Waals surface area contributed by atoms with Gasteiger partial charge in [-0.2, -0.15) is 0 Å². The summed E-state index contributed by atoms with van der Waals surface area (Å²) in [5, 5.41) is 20.4. The van der Waals surface area contributed by atoms with Crippen LogP contribution in [0.15, 0.2) is 15.5 Å². The summed E-state index contributed by atoms with van der Waals surface area (Å²) in [5.74, 6) is 0. The van der Waals surface area contributed by atoms with Crippen molar-refractivity contribution in [3.05, 3.63) is 0 Å². The Morgan fingerprint density at radius 3 is 2.25 bits per heavy atom. The lowest BCUT2D eigenvalue weighted by molar-refractivity contribution is -0.835. The molecule has 1 heterocycles. The molecule has 0 bridgehead atoms. The van der Waals surface area contributed by atoms with Gasteiger partial charge in [-0.15, -0.1) is 4.59 Å². The van der Waals surface area contributed by atoms with E-state index in [4.69, 9.17) is 0 Å². The minimum absolute atomic E-state index is 0.111.